The fourth-order valence-electron chi connectivity index (χ4n) is 2.28. The van der Waals surface area contributed by atoms with E-state index >= 15 is 0 Å². The van der Waals surface area contributed by atoms with Gasteiger partial charge < -0.3 is 15.0 Å². The molecule has 0 aromatic rings. The Labute approximate surface area is 111 Å². The lowest BCUT2D eigenvalue weighted by Gasteiger charge is -2.48. The number of hydrogen-bond donors (Lipinski definition) is 1. The zero-order chi connectivity index (χ0) is 13.6. The van der Waals surface area contributed by atoms with Crippen molar-refractivity contribution in [2.75, 3.05) is 39.9 Å². The summed E-state index contributed by atoms with van der Waals surface area (Å²) in [5.74, 6) is 0.967. The predicted octanol–water partition coefficient (Wildman–Crippen LogP) is 1.51. The lowest BCUT2D eigenvalue weighted by molar-refractivity contribution is -0.138. The maximum Gasteiger partial charge on any atom is 0.248 e. The summed E-state index contributed by atoms with van der Waals surface area (Å²) < 4.78 is 4.85. The summed E-state index contributed by atoms with van der Waals surface area (Å²) in [6, 6.07) is 0. The summed E-state index contributed by atoms with van der Waals surface area (Å²) in [4.78, 5) is 13.4. The number of amides is 1. The first-order valence-corrected chi connectivity index (χ1v) is 6.96. The molecule has 0 aliphatic carbocycles. The monoisotopic (exact) mass is 256 g/mol. The van der Waals surface area contributed by atoms with Crippen molar-refractivity contribution in [1.82, 2.24) is 10.2 Å². The second kappa shape index (κ2) is 7.10. The van der Waals surface area contributed by atoms with Gasteiger partial charge in [0.05, 0.1) is 0 Å². The Hall–Kier alpha value is -0.610. The van der Waals surface area contributed by atoms with Crippen molar-refractivity contribution < 1.29 is 9.53 Å². The molecule has 2 saturated heterocycles. The van der Waals surface area contributed by atoms with Crippen LogP contribution < -0.4 is 5.32 Å². The van der Waals surface area contributed by atoms with Crippen molar-refractivity contribution in [2.45, 2.75) is 33.6 Å². The standard InChI is InChI=1S/C10H18N2O2.C4H10/c1-14-6-9(13)12-4-2-10(3-5-12)7-11-8-10;1-4(2)3/h11H,2-8H2,1H3;4H,1-3H3. The largest absolute Gasteiger partial charge is 0.375 e. The van der Waals surface area contributed by atoms with E-state index in [4.69, 9.17) is 4.74 Å². The molecule has 0 aromatic carbocycles. The molecule has 2 aliphatic heterocycles. The van der Waals surface area contributed by atoms with Gasteiger partial charge >= 0.3 is 0 Å². The number of rotatable bonds is 2. The molecule has 2 heterocycles. The van der Waals surface area contributed by atoms with Crippen LogP contribution in [0.2, 0.25) is 0 Å². The smallest absolute Gasteiger partial charge is 0.248 e. The summed E-state index contributed by atoms with van der Waals surface area (Å²) in [6.45, 7) is 10.8. The van der Waals surface area contributed by atoms with E-state index in [0.29, 0.717) is 5.41 Å². The Kier molecular flexibility index (Phi) is 6.09. The molecule has 1 amide bonds. The van der Waals surface area contributed by atoms with Crippen LogP contribution in [-0.4, -0.2) is 50.7 Å². The fraction of sp³-hybridized carbons (Fsp3) is 0.929. The molecule has 2 fully saturated rings. The summed E-state index contributed by atoms with van der Waals surface area (Å²) >= 11 is 0. The highest BCUT2D eigenvalue weighted by atomic mass is 16.5. The zero-order valence-electron chi connectivity index (χ0n) is 12.3. The Morgan fingerprint density at radius 1 is 1.28 bits per heavy atom. The molecule has 1 N–H and O–H groups in total. The van der Waals surface area contributed by atoms with E-state index in [1.54, 1.807) is 7.11 Å². The molecule has 106 valence electrons. The van der Waals surface area contributed by atoms with Crippen LogP contribution in [0, 0.1) is 11.3 Å². The number of nitrogens with zero attached hydrogens (tertiary/aromatic N) is 1. The van der Waals surface area contributed by atoms with Crippen LogP contribution in [0.5, 0.6) is 0 Å². The van der Waals surface area contributed by atoms with Crippen molar-refractivity contribution in [3.05, 3.63) is 0 Å². The fourth-order valence-corrected chi connectivity index (χ4v) is 2.28. The average molecular weight is 256 g/mol. The van der Waals surface area contributed by atoms with E-state index in [1.165, 1.54) is 0 Å². The quantitative estimate of drug-likeness (QED) is 0.814. The number of hydrogen-bond acceptors (Lipinski definition) is 3. The Bertz CT molecular complexity index is 250. The number of carbonyl (C=O) groups excluding carboxylic acids is 1. The summed E-state index contributed by atoms with van der Waals surface area (Å²) in [7, 11) is 1.57. The molecule has 4 nitrogen and oxygen atoms in total. The van der Waals surface area contributed by atoms with Crippen LogP contribution in [0.25, 0.3) is 0 Å². The summed E-state index contributed by atoms with van der Waals surface area (Å²) in [5.41, 5.74) is 0.518. The number of ether oxygens (including phenoxy) is 1. The Morgan fingerprint density at radius 3 is 2.11 bits per heavy atom. The highest BCUT2D eigenvalue weighted by Gasteiger charge is 2.40. The minimum absolute atomic E-state index is 0.134. The minimum Gasteiger partial charge on any atom is -0.375 e. The molecule has 0 unspecified atom stereocenters. The topological polar surface area (TPSA) is 41.6 Å². The van der Waals surface area contributed by atoms with Gasteiger partial charge in [-0.3, -0.25) is 4.79 Å². The molecule has 0 radical (unpaired) electrons. The van der Waals surface area contributed by atoms with Gasteiger partial charge in [0.1, 0.15) is 6.61 Å². The third-order valence-corrected chi connectivity index (χ3v) is 3.44. The van der Waals surface area contributed by atoms with Gasteiger partial charge in [-0.2, -0.15) is 0 Å². The van der Waals surface area contributed by atoms with Crippen molar-refractivity contribution in [2.24, 2.45) is 11.3 Å². The molecular weight excluding hydrogens is 228 g/mol. The van der Waals surface area contributed by atoms with Crippen LogP contribution in [0.1, 0.15) is 33.6 Å². The van der Waals surface area contributed by atoms with E-state index < -0.39 is 0 Å². The lowest BCUT2D eigenvalue weighted by Crippen LogP contribution is -2.59. The molecule has 2 aliphatic rings. The Balaban J connectivity index is 0.000000357. The second-order valence-corrected chi connectivity index (χ2v) is 6.15. The molecular formula is C14H28N2O2. The number of carbonyl (C=O) groups is 1. The average Bonchev–Trinajstić information content (AvgIpc) is 2.27. The third-order valence-electron chi connectivity index (χ3n) is 3.44. The van der Waals surface area contributed by atoms with Crippen molar-refractivity contribution in [3.63, 3.8) is 0 Å². The Morgan fingerprint density at radius 2 is 1.78 bits per heavy atom. The first-order valence-electron chi connectivity index (χ1n) is 6.96. The van der Waals surface area contributed by atoms with E-state index in [-0.39, 0.29) is 12.5 Å². The normalized spacial score (nSPS) is 21.3. The van der Waals surface area contributed by atoms with Gasteiger partial charge in [-0.25, -0.2) is 0 Å². The third kappa shape index (κ3) is 4.58. The minimum atomic E-state index is 0.134. The first-order chi connectivity index (χ1) is 8.49. The van der Waals surface area contributed by atoms with Gasteiger partial charge in [0, 0.05) is 33.3 Å². The molecule has 0 saturated carbocycles. The number of nitrogens with one attached hydrogen (secondary N) is 1. The highest BCUT2D eigenvalue weighted by Crippen LogP contribution is 2.34. The zero-order valence-corrected chi connectivity index (χ0v) is 12.3. The van der Waals surface area contributed by atoms with Gasteiger partial charge in [-0.1, -0.05) is 20.8 Å². The highest BCUT2D eigenvalue weighted by molar-refractivity contribution is 5.77. The van der Waals surface area contributed by atoms with Crippen molar-refractivity contribution >= 4 is 5.91 Å². The van der Waals surface area contributed by atoms with E-state index in [2.05, 4.69) is 26.1 Å². The summed E-state index contributed by atoms with van der Waals surface area (Å²) in [6.07, 6.45) is 2.30. The molecule has 1 spiro atoms. The van der Waals surface area contributed by atoms with Crippen LogP contribution in [0.3, 0.4) is 0 Å². The van der Waals surface area contributed by atoms with Gasteiger partial charge in [-0.15, -0.1) is 0 Å². The van der Waals surface area contributed by atoms with E-state index in [0.717, 1.165) is 44.9 Å². The number of likely N-dealkylation sites (tertiary alicyclic amines) is 1. The van der Waals surface area contributed by atoms with Crippen molar-refractivity contribution in [3.8, 4) is 0 Å². The van der Waals surface area contributed by atoms with Crippen LogP contribution in [0.15, 0.2) is 0 Å². The number of methoxy groups -OCH3 is 1. The molecule has 0 bridgehead atoms. The second-order valence-electron chi connectivity index (χ2n) is 6.15. The van der Waals surface area contributed by atoms with Crippen LogP contribution in [0.4, 0.5) is 0 Å². The number of piperidine rings is 1. The molecule has 2 rings (SSSR count). The predicted molar refractivity (Wildman–Crippen MR) is 73.5 cm³/mol. The van der Waals surface area contributed by atoms with Gasteiger partial charge in [-0.05, 0) is 24.2 Å². The first kappa shape index (κ1) is 15.4. The SMILES string of the molecule is CC(C)C.COCC(=O)N1CCC2(CC1)CNC2. The maximum atomic E-state index is 11.5. The van der Waals surface area contributed by atoms with Gasteiger partial charge in [0.2, 0.25) is 5.91 Å². The summed E-state index contributed by atoms with van der Waals surface area (Å²) in [5, 5.41) is 3.31. The van der Waals surface area contributed by atoms with E-state index in [9.17, 15) is 4.79 Å². The van der Waals surface area contributed by atoms with Crippen molar-refractivity contribution in [1.29, 1.82) is 0 Å². The molecule has 0 aromatic heterocycles. The maximum absolute atomic E-state index is 11.5. The molecule has 4 heteroatoms. The van der Waals surface area contributed by atoms with Crippen LogP contribution >= 0.6 is 0 Å². The molecule has 18 heavy (non-hydrogen) atoms. The van der Waals surface area contributed by atoms with Gasteiger partial charge in [0.15, 0.2) is 0 Å². The lowest BCUT2D eigenvalue weighted by atomic mass is 9.73. The molecule has 0 atom stereocenters. The van der Waals surface area contributed by atoms with Crippen LogP contribution in [-0.2, 0) is 9.53 Å². The van der Waals surface area contributed by atoms with E-state index in [1.807, 2.05) is 4.90 Å². The van der Waals surface area contributed by atoms with Gasteiger partial charge in [0.25, 0.3) is 0 Å².